The van der Waals surface area contributed by atoms with Crippen LogP contribution in [0.5, 0.6) is 0 Å². The fourth-order valence-corrected chi connectivity index (χ4v) is 5.51. The first-order chi connectivity index (χ1) is 13.2. The first-order valence-electron chi connectivity index (χ1n) is 9.00. The fourth-order valence-electron chi connectivity index (χ4n) is 3.97. The third-order valence-corrected chi connectivity index (χ3v) is 7.52. The van der Waals surface area contributed by atoms with Crippen LogP contribution in [0.1, 0.15) is 30.7 Å². The number of anilines is 1. The second kappa shape index (κ2) is 7.03. The summed E-state index contributed by atoms with van der Waals surface area (Å²) >= 11 is -0.577. The molecule has 2 unspecified atom stereocenters. The van der Waals surface area contributed by atoms with Crippen molar-refractivity contribution in [1.29, 1.82) is 3.56 Å². The van der Waals surface area contributed by atoms with Gasteiger partial charge in [-0.25, -0.2) is 4.98 Å². The molecule has 0 bridgehead atoms. The Hall–Kier alpha value is -1.59. The van der Waals surface area contributed by atoms with Crippen molar-refractivity contribution in [2.24, 2.45) is 7.05 Å². The van der Waals surface area contributed by atoms with E-state index >= 15 is 0 Å². The maximum atomic E-state index is 13.6. The van der Waals surface area contributed by atoms with Crippen LogP contribution in [-0.4, -0.2) is 43.6 Å². The summed E-state index contributed by atoms with van der Waals surface area (Å²) in [5.74, 6) is -7.80. The lowest BCUT2D eigenvalue weighted by Crippen LogP contribution is -2.38. The molecule has 1 aliphatic carbocycles. The van der Waals surface area contributed by atoms with Crippen LogP contribution in [0.3, 0.4) is 0 Å². The molecule has 10 heteroatoms. The highest BCUT2D eigenvalue weighted by Crippen LogP contribution is 2.45. The molecule has 5 nitrogen and oxygen atoms in total. The number of pyridine rings is 1. The third-order valence-electron chi connectivity index (χ3n) is 5.51. The molecule has 2 aromatic heterocycles. The Morgan fingerprint density at radius 3 is 2.46 bits per heavy atom. The minimum absolute atomic E-state index is 0.115. The van der Waals surface area contributed by atoms with Gasteiger partial charge in [0.1, 0.15) is 5.82 Å². The Labute approximate surface area is 170 Å². The van der Waals surface area contributed by atoms with E-state index in [1.807, 2.05) is 6.07 Å². The average molecular weight is 509 g/mol. The zero-order valence-corrected chi connectivity index (χ0v) is 17.3. The first-order valence-corrected chi connectivity index (χ1v) is 11.3. The number of hydrogen-bond acceptors (Lipinski definition) is 4. The molecular weight excluding hydrogens is 489 g/mol. The van der Waals surface area contributed by atoms with E-state index in [9.17, 15) is 17.6 Å². The van der Waals surface area contributed by atoms with Crippen LogP contribution < -0.4 is 4.90 Å². The summed E-state index contributed by atoms with van der Waals surface area (Å²) in [6.45, 7) is -2.11. The van der Waals surface area contributed by atoms with Crippen molar-refractivity contribution in [3.05, 3.63) is 30.1 Å². The van der Waals surface area contributed by atoms with E-state index in [0.717, 1.165) is 35.3 Å². The highest BCUT2D eigenvalue weighted by molar-refractivity contribution is 14.1. The number of hydrogen-bond donors (Lipinski definition) is 1. The molecule has 0 amide bonds. The molecule has 28 heavy (non-hydrogen) atoms. The zero-order valence-electron chi connectivity index (χ0n) is 15.2. The number of rotatable bonds is 4. The molecule has 2 aromatic rings. The number of aromatic nitrogens is 3. The molecule has 2 atom stereocenters. The molecule has 2 fully saturated rings. The fraction of sp³-hybridized carbons (Fsp3) is 0.556. The van der Waals surface area contributed by atoms with Gasteiger partial charge in [-0.15, -0.1) is 0 Å². The van der Waals surface area contributed by atoms with Crippen molar-refractivity contribution in [3.8, 4) is 11.3 Å². The van der Waals surface area contributed by atoms with Crippen LogP contribution in [-0.2, 0) is 7.05 Å². The van der Waals surface area contributed by atoms with Crippen molar-refractivity contribution < 1.29 is 17.6 Å². The van der Waals surface area contributed by atoms with E-state index in [1.165, 1.54) is 0 Å². The molecule has 1 saturated heterocycles. The van der Waals surface area contributed by atoms with E-state index < -0.39 is 46.0 Å². The molecule has 4 rings (SSSR count). The van der Waals surface area contributed by atoms with Crippen LogP contribution in [0, 0.1) is 3.56 Å². The normalized spacial score (nSPS) is 26.1. The van der Waals surface area contributed by atoms with Gasteiger partial charge in [0.15, 0.2) is 0 Å². The van der Waals surface area contributed by atoms with Gasteiger partial charge in [-0.05, 0) is 63.9 Å². The van der Waals surface area contributed by atoms with E-state index in [1.54, 1.807) is 30.2 Å². The van der Waals surface area contributed by atoms with Gasteiger partial charge in [0, 0.05) is 28.9 Å². The molecule has 0 spiro atoms. The van der Waals surface area contributed by atoms with Crippen LogP contribution >= 0.6 is 21.0 Å². The van der Waals surface area contributed by atoms with Crippen molar-refractivity contribution in [2.75, 3.05) is 18.0 Å². The van der Waals surface area contributed by atoms with Crippen LogP contribution in [0.25, 0.3) is 11.3 Å². The molecule has 1 N–H and O–H groups in total. The smallest absolute Gasteiger partial charge is 0.329 e. The lowest BCUT2D eigenvalue weighted by Gasteiger charge is -2.20. The number of nitrogens with zero attached hydrogens (tertiary/aromatic N) is 4. The second-order valence-corrected chi connectivity index (χ2v) is 9.87. The lowest BCUT2D eigenvalue weighted by atomic mass is 9.93. The highest BCUT2D eigenvalue weighted by atomic mass is 127. The van der Waals surface area contributed by atoms with Gasteiger partial charge in [0.2, 0.25) is 0 Å². The number of nitrogens with one attached hydrogen (secondary N) is 1. The standard InChI is InChI=1S/C18H20F4IN5/c1-27-5-4-15(26-27)13-7-16(28-9-17(19,20)18(21,22)10-28)25-8-14(13)11-2-3-12(6-11)23-24/h4-5,7-8,11-12,24H,2-3,6,9-10H2,1H3. The molecule has 2 aliphatic rings. The number of halogens is 5. The summed E-state index contributed by atoms with van der Waals surface area (Å²) in [7, 11) is 1.78. The van der Waals surface area contributed by atoms with Crippen molar-refractivity contribution in [2.45, 2.75) is 41.0 Å². The Kier molecular flexibility index (Phi) is 4.95. The van der Waals surface area contributed by atoms with Crippen LogP contribution in [0.4, 0.5) is 23.4 Å². The Bertz CT molecular complexity index is 884. The third kappa shape index (κ3) is 3.43. The topological polar surface area (TPSA) is 57.8 Å². The predicted molar refractivity (Wildman–Crippen MR) is 106 cm³/mol. The van der Waals surface area contributed by atoms with Gasteiger partial charge in [-0.1, -0.05) is 0 Å². The van der Waals surface area contributed by atoms with Gasteiger partial charge in [-0.3, -0.25) is 8.24 Å². The molecule has 3 heterocycles. The zero-order chi connectivity index (χ0) is 20.1. The summed E-state index contributed by atoms with van der Waals surface area (Å²) in [4.78, 5) is 5.21. The van der Waals surface area contributed by atoms with Gasteiger partial charge in [0.25, 0.3) is 0 Å². The minimum atomic E-state index is -4.07. The second-order valence-electron chi connectivity index (χ2n) is 7.49. The van der Waals surface area contributed by atoms with E-state index in [0.29, 0.717) is 9.62 Å². The molecule has 1 aliphatic heterocycles. The summed E-state index contributed by atoms with van der Waals surface area (Å²) in [6, 6.07) is 3.43. The van der Waals surface area contributed by atoms with Gasteiger partial charge in [-0.2, -0.15) is 22.7 Å². The average Bonchev–Trinajstić information content (AvgIpc) is 3.33. The molecular formula is C18H20F4IN5. The Morgan fingerprint density at radius 2 is 1.89 bits per heavy atom. The van der Waals surface area contributed by atoms with E-state index in [2.05, 4.69) is 10.1 Å². The number of alkyl halides is 5. The quantitative estimate of drug-likeness (QED) is 0.361. The maximum Gasteiger partial charge on any atom is 0.329 e. The lowest BCUT2D eigenvalue weighted by molar-refractivity contribution is -0.172. The van der Waals surface area contributed by atoms with E-state index in [4.69, 9.17) is 3.56 Å². The molecule has 0 aromatic carbocycles. The Balaban J connectivity index is 1.72. The highest BCUT2D eigenvalue weighted by Gasteiger charge is 2.63. The van der Waals surface area contributed by atoms with Crippen molar-refractivity contribution in [1.82, 2.24) is 14.8 Å². The predicted octanol–water partition coefficient (Wildman–Crippen LogP) is 4.94. The summed E-state index contributed by atoms with van der Waals surface area (Å²) < 4.78 is 64.4. The summed E-state index contributed by atoms with van der Waals surface area (Å²) in [5, 5.41) is 4.42. The van der Waals surface area contributed by atoms with E-state index in [-0.39, 0.29) is 11.7 Å². The molecule has 0 radical (unpaired) electrons. The van der Waals surface area contributed by atoms with Crippen molar-refractivity contribution >= 4 is 26.9 Å². The van der Waals surface area contributed by atoms with Gasteiger partial charge < -0.3 is 4.90 Å². The number of aryl methyl sites for hydroxylation is 1. The van der Waals surface area contributed by atoms with Crippen LogP contribution in [0.15, 0.2) is 24.5 Å². The molecule has 152 valence electrons. The van der Waals surface area contributed by atoms with Crippen molar-refractivity contribution in [3.63, 3.8) is 0 Å². The summed E-state index contributed by atoms with van der Waals surface area (Å²) in [6.07, 6.45) is 6.28. The maximum absolute atomic E-state index is 13.6. The molecule has 1 saturated carbocycles. The summed E-state index contributed by atoms with van der Waals surface area (Å²) in [5.41, 5.74) is 2.38. The largest absolute Gasteiger partial charge is 0.344 e. The minimum Gasteiger partial charge on any atom is -0.344 e. The van der Waals surface area contributed by atoms with Gasteiger partial charge >= 0.3 is 11.8 Å². The monoisotopic (exact) mass is 509 g/mol. The Morgan fingerprint density at radius 1 is 1.18 bits per heavy atom. The SMILES string of the molecule is Cn1ccc(-c2cc(N3CC(F)(F)C(F)(F)C3)ncc2C2CCC(I=N)C2)n1. The van der Waals surface area contributed by atoms with Gasteiger partial charge in [0.05, 0.1) is 18.8 Å². The first kappa shape index (κ1) is 19.7. The van der Waals surface area contributed by atoms with Crippen LogP contribution in [0.2, 0.25) is 0 Å².